The number of amides is 1. The topological polar surface area (TPSA) is 48.5 Å². The highest BCUT2D eigenvalue weighted by Gasteiger charge is 2.20. The molecule has 4 rings (SSSR count). The number of carbonyl (C=O) groups is 1. The second kappa shape index (κ2) is 9.52. The van der Waals surface area contributed by atoms with E-state index in [1.165, 1.54) is 10.3 Å². The fourth-order valence-electron chi connectivity index (χ4n) is 3.52. The number of nitrogens with zero attached hydrogens (tertiary/aromatic N) is 3. The molecule has 1 saturated heterocycles. The smallest absolute Gasteiger partial charge is 0.244 e. The number of fused-ring (bicyclic) bond motifs is 1. The maximum absolute atomic E-state index is 11.9. The van der Waals surface area contributed by atoms with Gasteiger partial charge in [0.1, 0.15) is 0 Å². The number of hydrogen-bond donors (Lipinski definition) is 1. The van der Waals surface area contributed by atoms with Crippen molar-refractivity contribution in [1.29, 1.82) is 0 Å². The lowest BCUT2D eigenvalue weighted by Gasteiger charge is -2.34. The second-order valence-corrected chi connectivity index (χ2v) is 9.07. The molecule has 0 spiro atoms. The Morgan fingerprint density at radius 3 is 2.83 bits per heavy atom. The Kier molecular flexibility index (Phi) is 6.59. The molecule has 1 fully saturated rings. The van der Waals surface area contributed by atoms with Gasteiger partial charge in [-0.25, -0.2) is 4.98 Å². The molecule has 3 heterocycles. The lowest BCUT2D eigenvalue weighted by atomic mass is 10.1. The van der Waals surface area contributed by atoms with Gasteiger partial charge in [-0.1, -0.05) is 36.5 Å². The Bertz CT molecular complexity index is 972. The number of aromatic nitrogens is 1. The maximum atomic E-state index is 11.9. The highest BCUT2D eigenvalue weighted by molar-refractivity contribution is 7.22. The van der Waals surface area contributed by atoms with Gasteiger partial charge in [0.25, 0.3) is 0 Å². The van der Waals surface area contributed by atoms with Crippen molar-refractivity contribution in [2.24, 2.45) is 0 Å². The summed E-state index contributed by atoms with van der Waals surface area (Å²) in [6.07, 6.45) is 4.49. The van der Waals surface area contributed by atoms with Gasteiger partial charge in [-0.2, -0.15) is 0 Å². The summed E-state index contributed by atoms with van der Waals surface area (Å²) in [6, 6.07) is 10.5. The summed E-state index contributed by atoms with van der Waals surface area (Å²) in [5.41, 5.74) is 2.49. The summed E-state index contributed by atoms with van der Waals surface area (Å²) in [5, 5.41) is 6.12. The molecule has 1 N–H and O–H groups in total. The molecule has 152 valence electrons. The molecule has 3 aromatic rings. The minimum Gasteiger partial charge on any atom is -0.351 e. The first-order chi connectivity index (χ1) is 14.2. The standard InChI is InChI=1S/C22H26N4OS2/c1-2-17-5-3-7-19-21(17)24-22(29-19)26-14-12-25(13-15-26)11-10-23-20(27)9-8-18-6-4-16-28-18/h3-9,16H,2,10-15H2,1H3,(H,23,27)/b9-8+. The quantitative estimate of drug-likeness (QED) is 0.583. The average molecular weight is 427 g/mol. The van der Waals surface area contributed by atoms with Gasteiger partial charge < -0.3 is 10.2 Å². The van der Waals surface area contributed by atoms with Crippen LogP contribution in [-0.2, 0) is 11.2 Å². The van der Waals surface area contributed by atoms with E-state index in [0.717, 1.165) is 54.7 Å². The zero-order chi connectivity index (χ0) is 20.1. The van der Waals surface area contributed by atoms with Crippen LogP contribution >= 0.6 is 22.7 Å². The molecule has 0 atom stereocenters. The first kappa shape index (κ1) is 20.1. The summed E-state index contributed by atoms with van der Waals surface area (Å²) >= 11 is 3.42. The maximum Gasteiger partial charge on any atom is 0.244 e. The van der Waals surface area contributed by atoms with Crippen molar-refractivity contribution in [3.8, 4) is 0 Å². The third kappa shape index (κ3) is 5.04. The number of piperazine rings is 1. The van der Waals surface area contributed by atoms with Crippen LogP contribution < -0.4 is 10.2 Å². The highest BCUT2D eigenvalue weighted by Crippen LogP contribution is 2.31. The van der Waals surface area contributed by atoms with Crippen molar-refractivity contribution < 1.29 is 4.79 Å². The zero-order valence-electron chi connectivity index (χ0n) is 16.6. The number of hydrogen-bond acceptors (Lipinski definition) is 6. The van der Waals surface area contributed by atoms with Crippen LogP contribution in [0.4, 0.5) is 5.13 Å². The van der Waals surface area contributed by atoms with Crippen LogP contribution in [0.3, 0.4) is 0 Å². The van der Waals surface area contributed by atoms with E-state index in [1.54, 1.807) is 28.7 Å². The Morgan fingerprint density at radius 2 is 2.07 bits per heavy atom. The first-order valence-electron chi connectivity index (χ1n) is 10.1. The number of carbonyl (C=O) groups excluding carboxylic acids is 1. The molecule has 5 nitrogen and oxygen atoms in total. The second-order valence-electron chi connectivity index (χ2n) is 7.08. The molecule has 0 saturated carbocycles. The van der Waals surface area contributed by atoms with Crippen molar-refractivity contribution in [3.05, 3.63) is 52.2 Å². The molecule has 0 bridgehead atoms. The Balaban J connectivity index is 1.23. The highest BCUT2D eigenvalue weighted by atomic mass is 32.1. The van der Waals surface area contributed by atoms with Gasteiger partial charge in [0.2, 0.25) is 5.91 Å². The van der Waals surface area contributed by atoms with Crippen LogP contribution in [0.5, 0.6) is 0 Å². The van der Waals surface area contributed by atoms with Crippen LogP contribution in [0.25, 0.3) is 16.3 Å². The van der Waals surface area contributed by atoms with E-state index in [1.807, 2.05) is 23.6 Å². The minimum atomic E-state index is -0.0294. The number of para-hydroxylation sites is 1. The molecule has 1 aromatic carbocycles. The van der Waals surface area contributed by atoms with Crippen LogP contribution in [0, 0.1) is 0 Å². The largest absolute Gasteiger partial charge is 0.351 e. The van der Waals surface area contributed by atoms with Crippen LogP contribution in [0.1, 0.15) is 17.4 Å². The third-order valence-electron chi connectivity index (χ3n) is 5.18. The molecule has 0 aliphatic carbocycles. The number of benzene rings is 1. The number of thiazole rings is 1. The summed E-state index contributed by atoms with van der Waals surface area (Å²) in [6.45, 7) is 7.69. The fourth-order valence-corrected chi connectivity index (χ4v) is 5.20. The SMILES string of the molecule is CCc1cccc2sc(N3CCN(CCNC(=O)/C=C/c4cccs4)CC3)nc12. The van der Waals surface area contributed by atoms with Crippen LogP contribution in [-0.4, -0.2) is 55.1 Å². The van der Waals surface area contributed by atoms with E-state index < -0.39 is 0 Å². The van der Waals surface area contributed by atoms with Crippen LogP contribution in [0.2, 0.25) is 0 Å². The minimum absolute atomic E-state index is 0.0294. The molecule has 7 heteroatoms. The lowest BCUT2D eigenvalue weighted by molar-refractivity contribution is -0.116. The van der Waals surface area contributed by atoms with Crippen molar-refractivity contribution >= 4 is 50.0 Å². The van der Waals surface area contributed by atoms with Crippen molar-refractivity contribution in [1.82, 2.24) is 15.2 Å². The van der Waals surface area contributed by atoms with E-state index in [9.17, 15) is 4.79 Å². The van der Waals surface area contributed by atoms with E-state index in [4.69, 9.17) is 4.98 Å². The lowest BCUT2D eigenvalue weighted by Crippen LogP contribution is -2.48. The van der Waals surface area contributed by atoms with Gasteiger partial charge in [-0.05, 0) is 35.6 Å². The van der Waals surface area contributed by atoms with Crippen molar-refractivity contribution in [2.45, 2.75) is 13.3 Å². The number of anilines is 1. The number of nitrogens with one attached hydrogen (secondary N) is 1. The van der Waals surface area contributed by atoms with Gasteiger partial charge in [-0.15, -0.1) is 11.3 Å². The van der Waals surface area contributed by atoms with E-state index >= 15 is 0 Å². The van der Waals surface area contributed by atoms with E-state index in [2.05, 4.69) is 40.2 Å². The summed E-state index contributed by atoms with van der Waals surface area (Å²) in [5.74, 6) is -0.0294. The Hall–Kier alpha value is -2.22. The zero-order valence-corrected chi connectivity index (χ0v) is 18.3. The van der Waals surface area contributed by atoms with Crippen LogP contribution in [0.15, 0.2) is 41.8 Å². The summed E-state index contributed by atoms with van der Waals surface area (Å²) < 4.78 is 1.28. The molecule has 1 aliphatic rings. The van der Waals surface area contributed by atoms with Gasteiger partial charge in [0.15, 0.2) is 5.13 Å². The number of rotatable bonds is 7. The molecular formula is C22H26N4OS2. The van der Waals surface area contributed by atoms with Gasteiger partial charge >= 0.3 is 0 Å². The molecular weight excluding hydrogens is 400 g/mol. The molecule has 29 heavy (non-hydrogen) atoms. The summed E-state index contributed by atoms with van der Waals surface area (Å²) in [4.78, 5) is 22.7. The van der Waals surface area contributed by atoms with E-state index in [-0.39, 0.29) is 5.91 Å². The predicted octanol–water partition coefficient (Wildman–Crippen LogP) is 3.87. The normalized spacial score (nSPS) is 15.4. The average Bonchev–Trinajstić information content (AvgIpc) is 3.42. The molecule has 0 unspecified atom stereocenters. The Labute approximate surface area is 179 Å². The Morgan fingerprint density at radius 1 is 1.21 bits per heavy atom. The van der Waals surface area contributed by atoms with Crippen molar-refractivity contribution in [2.75, 3.05) is 44.2 Å². The number of aryl methyl sites for hydroxylation is 1. The molecule has 1 amide bonds. The molecule has 1 aliphatic heterocycles. The van der Waals surface area contributed by atoms with Gasteiger partial charge in [-0.3, -0.25) is 9.69 Å². The third-order valence-corrected chi connectivity index (χ3v) is 7.10. The fraction of sp³-hybridized carbons (Fsp3) is 0.364. The van der Waals surface area contributed by atoms with Crippen molar-refractivity contribution in [3.63, 3.8) is 0 Å². The summed E-state index contributed by atoms with van der Waals surface area (Å²) in [7, 11) is 0. The number of thiophene rings is 1. The predicted molar refractivity (Wildman–Crippen MR) is 124 cm³/mol. The van der Waals surface area contributed by atoms with Gasteiger partial charge in [0, 0.05) is 50.2 Å². The molecule has 2 aromatic heterocycles. The first-order valence-corrected chi connectivity index (χ1v) is 11.8. The monoisotopic (exact) mass is 426 g/mol. The van der Waals surface area contributed by atoms with E-state index in [0.29, 0.717) is 6.54 Å². The van der Waals surface area contributed by atoms with Gasteiger partial charge in [0.05, 0.1) is 10.2 Å². The molecule has 0 radical (unpaired) electrons.